The number of hydrogen-bond acceptors (Lipinski definition) is 7. The maximum Gasteiger partial charge on any atom is 0.263 e. The highest BCUT2D eigenvalue weighted by Crippen LogP contribution is 2.28. The molecule has 0 spiro atoms. The molecule has 7 N–H and O–H groups in total. The Morgan fingerprint density at radius 1 is 1.19 bits per heavy atom. The Hall–Kier alpha value is -1.85. The predicted octanol–water partition coefficient (Wildman–Crippen LogP) is -1.76. The number of hydrazine groups is 1. The molecule has 118 valence electrons. The van der Waals surface area contributed by atoms with E-state index in [-0.39, 0.29) is 6.42 Å². The normalized spacial score (nSPS) is 20.6. The van der Waals surface area contributed by atoms with Crippen LogP contribution in [0.15, 0.2) is 30.3 Å². The Bertz CT molecular complexity index is 581. The molecule has 1 heterocycles. The van der Waals surface area contributed by atoms with E-state index in [1.165, 1.54) is 0 Å². The largest absolute Gasteiger partial charge is 0.375 e. The van der Waals surface area contributed by atoms with E-state index in [4.69, 9.17) is 4.55 Å². The number of hydrogen-bond donors (Lipinski definition) is 5. The lowest BCUT2D eigenvalue weighted by atomic mass is 9.92. The standard InChI is InChI=1S/C10H9NO3.CH4O3S.H4N2/c12-8-6-10(14,9(13)11-8)7-4-2-1-3-5-7;1-5(2,3)4;1-2/h1-5,14H,6H2,(H,11,12,13);1H3,(H,2,3,4);1-2H2. The lowest BCUT2D eigenvalue weighted by Gasteiger charge is -2.17. The predicted molar refractivity (Wildman–Crippen MR) is 74.0 cm³/mol. The van der Waals surface area contributed by atoms with Crippen LogP contribution in [0.3, 0.4) is 0 Å². The highest BCUT2D eigenvalue weighted by Gasteiger charge is 2.46. The van der Waals surface area contributed by atoms with Gasteiger partial charge in [0.2, 0.25) is 5.91 Å². The van der Waals surface area contributed by atoms with Gasteiger partial charge >= 0.3 is 0 Å². The van der Waals surface area contributed by atoms with Gasteiger partial charge in [-0.05, 0) is 5.56 Å². The van der Waals surface area contributed by atoms with Gasteiger partial charge in [0.05, 0.1) is 12.7 Å². The van der Waals surface area contributed by atoms with Crippen LogP contribution in [0.25, 0.3) is 0 Å². The number of carbonyl (C=O) groups excluding carboxylic acids is 2. The highest BCUT2D eigenvalue weighted by atomic mass is 32.2. The van der Waals surface area contributed by atoms with E-state index >= 15 is 0 Å². The van der Waals surface area contributed by atoms with Gasteiger partial charge in [-0.15, -0.1) is 0 Å². The SMILES string of the molecule is CS(=O)(=O)O.NN.O=C1CC(O)(c2ccccc2)C(=O)N1. The van der Waals surface area contributed by atoms with Gasteiger partial charge in [0, 0.05) is 0 Å². The second-order valence-electron chi connectivity index (χ2n) is 4.01. The molecule has 1 aromatic rings. The highest BCUT2D eigenvalue weighted by molar-refractivity contribution is 7.85. The van der Waals surface area contributed by atoms with Crippen molar-refractivity contribution in [1.82, 2.24) is 5.32 Å². The lowest BCUT2D eigenvalue weighted by molar-refractivity contribution is -0.135. The second kappa shape index (κ2) is 7.81. The smallest absolute Gasteiger partial charge is 0.263 e. The Balaban J connectivity index is 0.000000489. The summed E-state index contributed by atoms with van der Waals surface area (Å²) >= 11 is 0. The third-order valence-electron chi connectivity index (χ3n) is 2.30. The van der Waals surface area contributed by atoms with Crippen LogP contribution in [0.5, 0.6) is 0 Å². The molecule has 1 unspecified atom stereocenters. The van der Waals surface area contributed by atoms with Crippen LogP contribution >= 0.6 is 0 Å². The van der Waals surface area contributed by atoms with Crippen LogP contribution in [0.4, 0.5) is 0 Å². The van der Waals surface area contributed by atoms with Crippen molar-refractivity contribution in [2.75, 3.05) is 6.26 Å². The van der Waals surface area contributed by atoms with Gasteiger partial charge < -0.3 is 5.11 Å². The van der Waals surface area contributed by atoms with E-state index in [0.717, 1.165) is 0 Å². The maximum absolute atomic E-state index is 11.3. The van der Waals surface area contributed by atoms with Crippen molar-refractivity contribution in [3.05, 3.63) is 35.9 Å². The Morgan fingerprint density at radius 3 is 1.95 bits per heavy atom. The molecular weight excluding hydrogens is 302 g/mol. The summed E-state index contributed by atoms with van der Waals surface area (Å²) < 4.78 is 25.9. The van der Waals surface area contributed by atoms with Crippen molar-refractivity contribution >= 4 is 21.9 Å². The second-order valence-corrected chi connectivity index (χ2v) is 5.48. The molecule has 2 amide bonds. The van der Waals surface area contributed by atoms with Gasteiger partial charge in [0.15, 0.2) is 5.60 Å². The number of amides is 2. The van der Waals surface area contributed by atoms with Crippen LogP contribution in [0, 0.1) is 0 Å². The monoisotopic (exact) mass is 319 g/mol. The third-order valence-corrected chi connectivity index (χ3v) is 2.30. The zero-order valence-electron chi connectivity index (χ0n) is 11.2. The molecule has 2 rings (SSSR count). The molecule has 0 radical (unpaired) electrons. The molecule has 0 bridgehead atoms. The molecule has 1 atom stereocenters. The first-order valence-electron chi connectivity index (χ1n) is 5.51. The molecule has 10 heteroatoms. The number of nitrogens with one attached hydrogen (secondary N) is 1. The molecule has 0 aromatic heterocycles. The maximum atomic E-state index is 11.3. The Morgan fingerprint density at radius 2 is 1.62 bits per heavy atom. The van der Waals surface area contributed by atoms with Crippen molar-refractivity contribution in [3.8, 4) is 0 Å². The van der Waals surface area contributed by atoms with Crippen LogP contribution in [0.1, 0.15) is 12.0 Å². The topological polar surface area (TPSA) is 173 Å². The number of carbonyl (C=O) groups is 2. The summed E-state index contributed by atoms with van der Waals surface area (Å²) in [4.78, 5) is 22.3. The van der Waals surface area contributed by atoms with Crippen molar-refractivity contribution in [3.63, 3.8) is 0 Å². The van der Waals surface area contributed by atoms with Crippen molar-refractivity contribution in [2.45, 2.75) is 12.0 Å². The van der Waals surface area contributed by atoms with E-state index in [0.29, 0.717) is 11.8 Å². The first-order chi connectivity index (χ1) is 9.63. The average Bonchev–Trinajstić information content (AvgIpc) is 2.65. The van der Waals surface area contributed by atoms with Crippen LogP contribution in [-0.2, 0) is 25.3 Å². The summed E-state index contributed by atoms with van der Waals surface area (Å²) in [6.45, 7) is 0. The molecule has 1 fully saturated rings. The first-order valence-corrected chi connectivity index (χ1v) is 7.36. The zero-order valence-corrected chi connectivity index (χ0v) is 12.0. The molecule has 0 aliphatic carbocycles. The molecule has 1 aliphatic rings. The molecule has 1 aromatic carbocycles. The third kappa shape index (κ3) is 6.42. The van der Waals surface area contributed by atoms with Crippen molar-refractivity contribution in [1.29, 1.82) is 0 Å². The number of benzene rings is 1. The Kier molecular flexibility index (Phi) is 7.12. The average molecular weight is 319 g/mol. The van der Waals surface area contributed by atoms with Crippen LogP contribution < -0.4 is 17.0 Å². The van der Waals surface area contributed by atoms with Crippen molar-refractivity contribution < 1.29 is 27.7 Å². The van der Waals surface area contributed by atoms with Gasteiger partial charge in [-0.2, -0.15) is 8.42 Å². The quantitative estimate of drug-likeness (QED) is 0.175. The lowest BCUT2D eigenvalue weighted by Crippen LogP contribution is -2.35. The fourth-order valence-corrected chi connectivity index (χ4v) is 1.53. The van der Waals surface area contributed by atoms with Crippen LogP contribution in [-0.4, -0.2) is 36.1 Å². The van der Waals surface area contributed by atoms with Crippen LogP contribution in [0.2, 0.25) is 0 Å². The van der Waals surface area contributed by atoms with Gasteiger partial charge in [0.1, 0.15) is 0 Å². The minimum Gasteiger partial charge on any atom is -0.375 e. The van der Waals surface area contributed by atoms with Gasteiger partial charge in [-0.3, -0.25) is 31.1 Å². The fourth-order valence-electron chi connectivity index (χ4n) is 1.53. The van der Waals surface area contributed by atoms with E-state index in [1.54, 1.807) is 30.3 Å². The number of rotatable bonds is 1. The Labute approximate surface area is 121 Å². The number of aliphatic hydroxyl groups is 1. The zero-order chi connectivity index (χ0) is 16.7. The summed E-state index contributed by atoms with van der Waals surface area (Å²) in [5.74, 6) is 6.91. The summed E-state index contributed by atoms with van der Waals surface area (Å²) in [6.07, 6.45) is 0.517. The molecule has 1 aliphatic heterocycles. The van der Waals surface area contributed by atoms with E-state index in [9.17, 15) is 23.1 Å². The van der Waals surface area contributed by atoms with E-state index < -0.39 is 27.5 Å². The summed E-state index contributed by atoms with van der Waals surface area (Å²) in [5.41, 5.74) is -1.23. The number of imide groups is 1. The van der Waals surface area contributed by atoms with E-state index in [2.05, 4.69) is 17.0 Å². The first kappa shape index (κ1) is 19.1. The fraction of sp³-hybridized carbons (Fsp3) is 0.273. The molecule has 21 heavy (non-hydrogen) atoms. The van der Waals surface area contributed by atoms with Gasteiger partial charge in [0.25, 0.3) is 16.0 Å². The summed E-state index contributed by atoms with van der Waals surface area (Å²) in [6, 6.07) is 8.45. The molecular formula is C11H17N3O6S. The molecule has 0 saturated carbocycles. The minimum atomic E-state index is -3.67. The molecule has 9 nitrogen and oxygen atoms in total. The summed E-state index contributed by atoms with van der Waals surface area (Å²) in [7, 11) is -3.67. The van der Waals surface area contributed by atoms with E-state index in [1.807, 2.05) is 0 Å². The summed E-state index contributed by atoms with van der Waals surface area (Å²) in [5, 5.41) is 12.0. The van der Waals surface area contributed by atoms with Gasteiger partial charge in [-0.25, -0.2) is 0 Å². The van der Waals surface area contributed by atoms with Crippen molar-refractivity contribution in [2.24, 2.45) is 11.7 Å². The van der Waals surface area contributed by atoms with Gasteiger partial charge in [-0.1, -0.05) is 30.3 Å². The number of nitrogens with two attached hydrogens (primary N) is 2. The minimum absolute atomic E-state index is 0.199. The molecule has 1 saturated heterocycles.